The minimum Gasteiger partial charge on any atom is -0.371 e. The molecular formula is C19H29N3O3. The number of rotatable bonds is 4. The fraction of sp³-hybridized carbons (Fsp3) is 0.579. The van der Waals surface area contributed by atoms with Crippen molar-refractivity contribution in [3.63, 3.8) is 0 Å². The summed E-state index contributed by atoms with van der Waals surface area (Å²) in [5, 5.41) is 8.73. The highest BCUT2D eigenvalue weighted by atomic mass is 16.5. The van der Waals surface area contributed by atoms with E-state index in [9.17, 15) is 9.59 Å². The normalized spacial score (nSPS) is 19.9. The van der Waals surface area contributed by atoms with Crippen LogP contribution in [0, 0.1) is 0 Å². The zero-order chi connectivity index (χ0) is 18.7. The Hall–Kier alpha value is -2.08. The first-order chi connectivity index (χ1) is 11.5. The molecule has 3 N–H and O–H groups in total. The summed E-state index contributed by atoms with van der Waals surface area (Å²) >= 11 is 0. The molecule has 3 amide bonds. The van der Waals surface area contributed by atoms with Crippen LogP contribution in [0.15, 0.2) is 24.3 Å². The van der Waals surface area contributed by atoms with Crippen molar-refractivity contribution in [1.29, 1.82) is 0 Å². The van der Waals surface area contributed by atoms with Crippen LogP contribution in [0.2, 0.25) is 0 Å². The molecule has 0 aliphatic carbocycles. The summed E-state index contributed by atoms with van der Waals surface area (Å²) in [7, 11) is 0. The van der Waals surface area contributed by atoms with Gasteiger partial charge in [-0.15, -0.1) is 0 Å². The van der Waals surface area contributed by atoms with Crippen molar-refractivity contribution < 1.29 is 14.3 Å². The predicted molar refractivity (Wildman–Crippen MR) is 98.4 cm³/mol. The Kier molecular flexibility index (Phi) is 5.72. The summed E-state index contributed by atoms with van der Waals surface area (Å²) < 4.78 is 5.77. The first-order valence-electron chi connectivity index (χ1n) is 8.67. The van der Waals surface area contributed by atoms with E-state index in [1.165, 1.54) is 0 Å². The maximum absolute atomic E-state index is 12.3. The molecule has 2 rings (SSSR count). The maximum atomic E-state index is 12.3. The molecule has 1 aromatic rings. The number of carbonyl (C=O) groups excluding carboxylic acids is 2. The van der Waals surface area contributed by atoms with E-state index in [4.69, 9.17) is 4.74 Å². The predicted octanol–water partition coefficient (Wildman–Crippen LogP) is 3.18. The highest BCUT2D eigenvalue weighted by molar-refractivity contribution is 5.90. The molecule has 1 aliphatic heterocycles. The van der Waals surface area contributed by atoms with Crippen molar-refractivity contribution in [2.75, 3.05) is 5.32 Å². The third-order valence-electron chi connectivity index (χ3n) is 4.15. The van der Waals surface area contributed by atoms with Crippen molar-refractivity contribution in [2.24, 2.45) is 0 Å². The van der Waals surface area contributed by atoms with Gasteiger partial charge in [0.2, 0.25) is 5.91 Å². The second-order valence-corrected chi connectivity index (χ2v) is 8.06. The average Bonchev–Trinajstić information content (AvgIpc) is 2.47. The van der Waals surface area contributed by atoms with Gasteiger partial charge in [0.1, 0.15) is 0 Å². The van der Waals surface area contributed by atoms with Crippen LogP contribution in [-0.4, -0.2) is 29.1 Å². The molecule has 25 heavy (non-hydrogen) atoms. The molecule has 6 nitrogen and oxygen atoms in total. The van der Waals surface area contributed by atoms with E-state index in [2.05, 4.69) is 16.0 Å². The van der Waals surface area contributed by atoms with Gasteiger partial charge in [-0.2, -0.15) is 0 Å². The van der Waals surface area contributed by atoms with Crippen molar-refractivity contribution >= 4 is 17.6 Å². The third-order valence-corrected chi connectivity index (χ3v) is 4.15. The molecular weight excluding hydrogens is 318 g/mol. The molecule has 6 heteroatoms. The molecule has 1 fully saturated rings. The topological polar surface area (TPSA) is 79.5 Å². The van der Waals surface area contributed by atoms with Crippen LogP contribution in [0.1, 0.15) is 53.0 Å². The maximum Gasteiger partial charge on any atom is 0.319 e. The van der Waals surface area contributed by atoms with Crippen molar-refractivity contribution in [2.45, 2.75) is 71.2 Å². The molecule has 0 aromatic heterocycles. The molecule has 138 valence electrons. The Morgan fingerprint density at radius 2 is 2.08 bits per heavy atom. The number of hydrogen-bond donors (Lipinski definition) is 3. The summed E-state index contributed by atoms with van der Waals surface area (Å²) in [5.41, 5.74) is 1.04. The van der Waals surface area contributed by atoms with Gasteiger partial charge in [0.25, 0.3) is 0 Å². The van der Waals surface area contributed by atoms with Gasteiger partial charge in [0, 0.05) is 12.1 Å². The second-order valence-electron chi connectivity index (χ2n) is 8.06. The van der Waals surface area contributed by atoms with Gasteiger partial charge < -0.3 is 20.7 Å². The fourth-order valence-electron chi connectivity index (χ4n) is 2.76. The summed E-state index contributed by atoms with van der Waals surface area (Å²) in [5.74, 6) is 0.0232. The number of carbonyl (C=O) groups is 2. The molecule has 0 saturated carbocycles. The van der Waals surface area contributed by atoms with Gasteiger partial charge in [-0.1, -0.05) is 12.1 Å². The smallest absolute Gasteiger partial charge is 0.319 e. The van der Waals surface area contributed by atoms with E-state index in [1.54, 1.807) is 0 Å². The Bertz CT molecular complexity index is 635. The lowest BCUT2D eigenvalue weighted by Gasteiger charge is -2.39. The van der Waals surface area contributed by atoms with Gasteiger partial charge in [0.15, 0.2) is 0 Å². The Morgan fingerprint density at radius 3 is 2.72 bits per heavy atom. The lowest BCUT2D eigenvalue weighted by Crippen LogP contribution is -2.62. The molecule has 1 aliphatic rings. The summed E-state index contributed by atoms with van der Waals surface area (Å²) in [6, 6.07) is 7.21. The number of urea groups is 1. The van der Waals surface area contributed by atoms with Gasteiger partial charge in [-0.25, -0.2) is 4.79 Å². The molecule has 0 radical (unpaired) electrons. The molecule has 0 spiro atoms. The summed E-state index contributed by atoms with van der Waals surface area (Å²) in [6.45, 7) is 10.3. The van der Waals surface area contributed by atoms with Crippen LogP contribution in [0.3, 0.4) is 0 Å². The van der Waals surface area contributed by atoms with E-state index in [0.717, 1.165) is 5.56 Å². The van der Waals surface area contributed by atoms with Gasteiger partial charge >= 0.3 is 6.03 Å². The van der Waals surface area contributed by atoms with E-state index >= 15 is 0 Å². The lowest BCUT2D eigenvalue weighted by molar-refractivity contribution is -0.125. The van der Waals surface area contributed by atoms with Gasteiger partial charge in [-0.05, 0) is 58.7 Å². The number of hydrogen-bond acceptors (Lipinski definition) is 3. The third kappa shape index (κ3) is 6.05. The molecule has 1 heterocycles. The number of nitrogens with one attached hydrogen (secondary N) is 3. The molecule has 1 atom stereocenters. The Labute approximate surface area is 149 Å². The van der Waals surface area contributed by atoms with Gasteiger partial charge in [0.05, 0.1) is 23.8 Å². The molecule has 1 unspecified atom stereocenters. The molecule has 1 aromatic carbocycles. The first-order valence-corrected chi connectivity index (χ1v) is 8.67. The van der Waals surface area contributed by atoms with Crippen LogP contribution in [0.4, 0.5) is 10.5 Å². The summed E-state index contributed by atoms with van der Waals surface area (Å²) in [6.07, 6.45) is 1.06. The standard InChI is InChI=1S/C19H29N3O3/c1-18(2,3)25-12-13-7-6-8-14(11-13)20-17(24)21-15-9-10-16(23)22-19(15,4)5/h6-8,11,15H,9-10,12H2,1-5H3,(H,22,23)(H2,20,21,24). The Morgan fingerprint density at radius 1 is 1.36 bits per heavy atom. The van der Waals surface area contributed by atoms with Crippen LogP contribution >= 0.6 is 0 Å². The van der Waals surface area contributed by atoms with Gasteiger partial charge in [-0.3, -0.25) is 4.79 Å². The van der Waals surface area contributed by atoms with Crippen molar-refractivity contribution in [1.82, 2.24) is 10.6 Å². The fourth-order valence-corrected chi connectivity index (χ4v) is 2.76. The zero-order valence-electron chi connectivity index (χ0n) is 15.7. The van der Waals surface area contributed by atoms with E-state index in [1.807, 2.05) is 58.9 Å². The zero-order valence-corrected chi connectivity index (χ0v) is 15.7. The van der Waals surface area contributed by atoms with Crippen molar-refractivity contribution in [3.05, 3.63) is 29.8 Å². The number of ether oxygens (including phenoxy) is 1. The number of piperidine rings is 1. The van der Waals surface area contributed by atoms with Crippen LogP contribution in [-0.2, 0) is 16.1 Å². The van der Waals surface area contributed by atoms with E-state index in [-0.39, 0.29) is 23.6 Å². The minimum atomic E-state index is -0.463. The van der Waals surface area contributed by atoms with Crippen LogP contribution in [0.25, 0.3) is 0 Å². The van der Waals surface area contributed by atoms with Crippen molar-refractivity contribution in [3.8, 4) is 0 Å². The number of benzene rings is 1. The quantitative estimate of drug-likeness (QED) is 0.782. The number of anilines is 1. The second kappa shape index (κ2) is 7.44. The monoisotopic (exact) mass is 347 g/mol. The van der Waals surface area contributed by atoms with Crippen LogP contribution < -0.4 is 16.0 Å². The highest BCUT2D eigenvalue weighted by Gasteiger charge is 2.36. The number of amides is 3. The molecule has 1 saturated heterocycles. The minimum absolute atomic E-state index is 0.0232. The highest BCUT2D eigenvalue weighted by Crippen LogP contribution is 2.20. The molecule has 0 bridgehead atoms. The summed E-state index contributed by atoms with van der Waals surface area (Å²) in [4.78, 5) is 23.8. The Balaban J connectivity index is 1.93. The largest absolute Gasteiger partial charge is 0.371 e. The average molecular weight is 347 g/mol. The lowest BCUT2D eigenvalue weighted by atomic mass is 9.87. The van der Waals surface area contributed by atoms with E-state index < -0.39 is 5.54 Å². The SMILES string of the molecule is CC(C)(C)OCc1cccc(NC(=O)NC2CCC(=O)NC2(C)C)c1. The van der Waals surface area contributed by atoms with Crippen LogP contribution in [0.5, 0.6) is 0 Å². The first kappa shape index (κ1) is 19.2. The van der Waals surface area contributed by atoms with E-state index in [0.29, 0.717) is 25.1 Å².